The quantitative estimate of drug-likeness (QED) is 0.270. The van der Waals surface area contributed by atoms with Crippen molar-refractivity contribution < 1.29 is 33.4 Å². The van der Waals surface area contributed by atoms with Gasteiger partial charge in [0.25, 0.3) is 11.8 Å². The summed E-state index contributed by atoms with van der Waals surface area (Å²) in [5.74, 6) is -0.600. The molecule has 3 N–H and O–H groups in total. The number of carbonyl (C=O) groups is 4. The third-order valence-electron chi connectivity index (χ3n) is 4.79. The van der Waals surface area contributed by atoms with Gasteiger partial charge in [0.2, 0.25) is 5.91 Å². The second kappa shape index (κ2) is 13.5. The first-order chi connectivity index (χ1) is 17.8. The number of hydrogen-bond acceptors (Lipinski definition) is 7. The van der Waals surface area contributed by atoms with Crippen molar-refractivity contribution in [1.82, 2.24) is 10.9 Å². The molecule has 0 unspecified atom stereocenters. The van der Waals surface area contributed by atoms with E-state index in [1.165, 1.54) is 12.1 Å². The van der Waals surface area contributed by atoms with Gasteiger partial charge in [-0.15, -0.1) is 0 Å². The molecule has 0 aliphatic carbocycles. The van der Waals surface area contributed by atoms with Crippen LogP contribution in [0.1, 0.15) is 23.2 Å². The van der Waals surface area contributed by atoms with E-state index in [4.69, 9.17) is 25.8 Å². The van der Waals surface area contributed by atoms with Crippen LogP contribution in [-0.4, -0.2) is 37.4 Å². The molecule has 37 heavy (non-hydrogen) atoms. The molecule has 3 aromatic carbocycles. The SMILES string of the molecule is COc1ccc(Oc2ccc(NC(=O)CCC(=O)OCC(=O)NNC(=O)c3ccccc3Cl)cc2)cc1. The van der Waals surface area contributed by atoms with E-state index in [2.05, 4.69) is 16.2 Å². The average molecular weight is 526 g/mol. The van der Waals surface area contributed by atoms with Crippen molar-refractivity contribution in [3.05, 3.63) is 83.4 Å². The fraction of sp³-hybridized carbons (Fsp3) is 0.154. The Kier molecular flexibility index (Phi) is 9.86. The number of hydrogen-bond donors (Lipinski definition) is 3. The van der Waals surface area contributed by atoms with Crippen LogP contribution in [0.3, 0.4) is 0 Å². The predicted molar refractivity (Wildman–Crippen MR) is 135 cm³/mol. The Morgan fingerprint density at radius 3 is 2.03 bits per heavy atom. The lowest BCUT2D eigenvalue weighted by Gasteiger charge is -2.09. The molecule has 0 spiro atoms. The second-order valence-electron chi connectivity index (χ2n) is 7.49. The van der Waals surface area contributed by atoms with Crippen LogP contribution in [0.25, 0.3) is 0 Å². The summed E-state index contributed by atoms with van der Waals surface area (Å²) < 4.78 is 15.7. The topological polar surface area (TPSA) is 132 Å². The van der Waals surface area contributed by atoms with Crippen LogP contribution in [0.5, 0.6) is 17.2 Å². The van der Waals surface area contributed by atoms with Crippen LogP contribution in [0.4, 0.5) is 5.69 Å². The molecule has 0 aliphatic heterocycles. The van der Waals surface area contributed by atoms with Crippen molar-refractivity contribution in [3.63, 3.8) is 0 Å². The highest BCUT2D eigenvalue weighted by Gasteiger charge is 2.13. The lowest BCUT2D eigenvalue weighted by Crippen LogP contribution is -2.43. The number of anilines is 1. The van der Waals surface area contributed by atoms with Crippen molar-refractivity contribution in [2.24, 2.45) is 0 Å². The van der Waals surface area contributed by atoms with Gasteiger partial charge in [-0.25, -0.2) is 0 Å². The lowest BCUT2D eigenvalue weighted by molar-refractivity contribution is -0.149. The smallest absolute Gasteiger partial charge is 0.306 e. The molecular formula is C26H24ClN3O7. The van der Waals surface area contributed by atoms with Crippen molar-refractivity contribution in [1.29, 1.82) is 0 Å². The summed E-state index contributed by atoms with van der Waals surface area (Å²) in [5, 5.41) is 2.88. The lowest BCUT2D eigenvalue weighted by atomic mass is 10.2. The molecular weight excluding hydrogens is 502 g/mol. The number of amides is 3. The number of halogens is 1. The summed E-state index contributed by atoms with van der Waals surface area (Å²) in [7, 11) is 1.58. The first-order valence-corrected chi connectivity index (χ1v) is 11.4. The van der Waals surface area contributed by atoms with Crippen molar-refractivity contribution in [3.8, 4) is 17.2 Å². The monoisotopic (exact) mass is 525 g/mol. The Labute approximate surface area is 217 Å². The van der Waals surface area contributed by atoms with Gasteiger partial charge in [-0.05, 0) is 60.7 Å². The van der Waals surface area contributed by atoms with Crippen LogP contribution in [0, 0.1) is 0 Å². The molecule has 11 heteroatoms. The summed E-state index contributed by atoms with van der Waals surface area (Å²) in [5.41, 5.74) is 4.98. The number of ether oxygens (including phenoxy) is 3. The Morgan fingerprint density at radius 2 is 1.38 bits per heavy atom. The summed E-state index contributed by atoms with van der Waals surface area (Å²) in [6.45, 7) is -0.626. The fourth-order valence-corrected chi connectivity index (χ4v) is 3.14. The summed E-state index contributed by atoms with van der Waals surface area (Å²) in [6, 6.07) is 20.1. The van der Waals surface area contributed by atoms with Gasteiger partial charge in [0, 0.05) is 12.1 Å². The van der Waals surface area contributed by atoms with E-state index in [9.17, 15) is 19.2 Å². The molecule has 0 saturated heterocycles. The number of esters is 1. The average Bonchev–Trinajstić information content (AvgIpc) is 2.91. The van der Waals surface area contributed by atoms with Gasteiger partial charge in [0.15, 0.2) is 6.61 Å². The van der Waals surface area contributed by atoms with Crippen LogP contribution in [-0.2, 0) is 19.1 Å². The van der Waals surface area contributed by atoms with E-state index >= 15 is 0 Å². The molecule has 3 amide bonds. The highest BCUT2D eigenvalue weighted by atomic mass is 35.5. The van der Waals surface area contributed by atoms with Crippen LogP contribution in [0.15, 0.2) is 72.8 Å². The zero-order valence-electron chi connectivity index (χ0n) is 19.8. The Hall–Kier alpha value is -4.57. The Morgan fingerprint density at radius 1 is 0.757 bits per heavy atom. The minimum Gasteiger partial charge on any atom is -0.497 e. The van der Waals surface area contributed by atoms with E-state index in [0.717, 1.165) is 5.75 Å². The summed E-state index contributed by atoms with van der Waals surface area (Å²) in [6.07, 6.45) is -0.377. The molecule has 0 radical (unpaired) electrons. The normalized spacial score (nSPS) is 10.1. The van der Waals surface area contributed by atoms with E-state index < -0.39 is 30.3 Å². The number of rotatable bonds is 10. The third kappa shape index (κ3) is 8.86. The van der Waals surface area contributed by atoms with Gasteiger partial charge >= 0.3 is 5.97 Å². The predicted octanol–water partition coefficient (Wildman–Crippen LogP) is 3.86. The molecule has 0 atom stereocenters. The zero-order chi connectivity index (χ0) is 26.6. The van der Waals surface area contributed by atoms with Gasteiger partial charge in [-0.3, -0.25) is 30.0 Å². The standard InChI is InChI=1S/C26H24ClN3O7/c1-35-18-10-12-20(13-11-18)37-19-8-6-17(7-9-19)28-23(31)14-15-25(33)36-16-24(32)29-30-26(34)21-4-2-3-5-22(21)27/h2-13H,14-16H2,1H3,(H,28,31)(H,29,32)(H,30,34). The zero-order valence-corrected chi connectivity index (χ0v) is 20.5. The van der Waals surface area contributed by atoms with Gasteiger partial charge in [-0.2, -0.15) is 0 Å². The van der Waals surface area contributed by atoms with Crippen LogP contribution >= 0.6 is 11.6 Å². The molecule has 0 aromatic heterocycles. The van der Waals surface area contributed by atoms with Crippen LogP contribution < -0.4 is 25.6 Å². The number of methoxy groups -OCH3 is 1. The van der Waals surface area contributed by atoms with Gasteiger partial charge < -0.3 is 19.5 Å². The molecule has 3 aromatic rings. The minimum absolute atomic E-state index is 0.145. The fourth-order valence-electron chi connectivity index (χ4n) is 2.92. The summed E-state index contributed by atoms with van der Waals surface area (Å²) >= 11 is 5.91. The summed E-state index contributed by atoms with van der Waals surface area (Å²) in [4.78, 5) is 47.8. The number of benzene rings is 3. The van der Waals surface area contributed by atoms with Crippen molar-refractivity contribution in [2.45, 2.75) is 12.8 Å². The second-order valence-corrected chi connectivity index (χ2v) is 7.90. The largest absolute Gasteiger partial charge is 0.497 e. The van der Waals surface area contributed by atoms with Gasteiger partial charge in [0.1, 0.15) is 17.2 Å². The van der Waals surface area contributed by atoms with E-state index in [-0.39, 0.29) is 23.4 Å². The first-order valence-electron chi connectivity index (χ1n) is 11.0. The molecule has 192 valence electrons. The molecule has 0 saturated carbocycles. The maximum absolute atomic E-state index is 12.1. The molecule has 3 rings (SSSR count). The molecule has 0 bridgehead atoms. The van der Waals surface area contributed by atoms with Gasteiger partial charge in [-0.1, -0.05) is 23.7 Å². The molecule has 10 nitrogen and oxygen atoms in total. The highest BCUT2D eigenvalue weighted by molar-refractivity contribution is 6.33. The maximum Gasteiger partial charge on any atom is 0.306 e. The molecule has 0 fully saturated rings. The molecule has 0 heterocycles. The van der Waals surface area contributed by atoms with Crippen LogP contribution in [0.2, 0.25) is 5.02 Å². The van der Waals surface area contributed by atoms with E-state index in [0.29, 0.717) is 17.2 Å². The Bertz CT molecular complexity index is 1250. The third-order valence-corrected chi connectivity index (χ3v) is 5.12. The first kappa shape index (κ1) is 27.0. The van der Waals surface area contributed by atoms with E-state index in [1.54, 1.807) is 67.8 Å². The maximum atomic E-state index is 12.1. The minimum atomic E-state index is -0.754. The van der Waals surface area contributed by atoms with Gasteiger partial charge in [0.05, 0.1) is 24.1 Å². The van der Waals surface area contributed by atoms with Crippen molar-refractivity contribution >= 4 is 41.0 Å². The number of carbonyl (C=O) groups excluding carboxylic acids is 4. The van der Waals surface area contributed by atoms with E-state index in [1.807, 2.05) is 0 Å². The highest BCUT2D eigenvalue weighted by Crippen LogP contribution is 2.25. The molecule has 0 aliphatic rings. The Balaban J connectivity index is 1.33. The number of hydrazine groups is 1. The number of nitrogens with one attached hydrogen (secondary N) is 3. The van der Waals surface area contributed by atoms with Crippen molar-refractivity contribution in [2.75, 3.05) is 19.0 Å².